The fraction of sp³-hybridized carbons (Fsp3) is 0.0526. The van der Waals surface area contributed by atoms with Crippen LogP contribution in [0, 0.1) is 0 Å². The Morgan fingerprint density at radius 2 is 1.15 bits per heavy atom. The number of aromatic carboxylic acids is 1. The van der Waals surface area contributed by atoms with Crippen molar-refractivity contribution in [3.63, 3.8) is 0 Å². The van der Waals surface area contributed by atoms with Gasteiger partial charge in [-0.15, -0.1) is 0 Å². The van der Waals surface area contributed by atoms with E-state index in [1.807, 2.05) is 0 Å². The molecule has 26 heavy (non-hydrogen) atoms. The summed E-state index contributed by atoms with van der Waals surface area (Å²) in [5.74, 6) is -0.685. The summed E-state index contributed by atoms with van der Waals surface area (Å²) >= 11 is 0. The molecule has 1 aromatic heterocycles. The van der Waals surface area contributed by atoms with Crippen molar-refractivity contribution in [2.24, 2.45) is 0 Å². The van der Waals surface area contributed by atoms with Gasteiger partial charge in [0.25, 0.3) is 0 Å². The number of ketones is 1. The quantitative estimate of drug-likeness (QED) is 0.617. The number of nitrogen functional groups attached to an aromatic ring is 2. The van der Waals surface area contributed by atoms with Crippen molar-refractivity contribution in [1.82, 2.24) is 9.97 Å². The first-order chi connectivity index (χ1) is 12.4. The van der Waals surface area contributed by atoms with Crippen molar-refractivity contribution in [1.29, 1.82) is 0 Å². The molecule has 0 unspecified atom stereocenters. The standard InChI is InChI=1S/C19H16N4O3/c1-10(24)11-2-4-12(5-3-11)15-17(20)23-16(18(21)22-15)13-6-8-14(9-7-13)19(25)26/h2-9H,1H3,(H2,20,23)(H2,21,22)(H,25,26). The number of carbonyl (C=O) groups is 2. The lowest BCUT2D eigenvalue weighted by Gasteiger charge is -2.10. The fourth-order valence-corrected chi connectivity index (χ4v) is 2.52. The van der Waals surface area contributed by atoms with E-state index in [4.69, 9.17) is 16.6 Å². The monoisotopic (exact) mass is 348 g/mol. The van der Waals surface area contributed by atoms with Crippen LogP contribution < -0.4 is 11.5 Å². The number of carboxylic acid groups (broad SMARTS) is 1. The Balaban J connectivity index is 2.00. The number of benzene rings is 2. The Kier molecular flexibility index (Phi) is 4.36. The summed E-state index contributed by atoms with van der Waals surface area (Å²) in [5, 5.41) is 8.97. The second-order valence-electron chi connectivity index (χ2n) is 5.71. The first-order valence-electron chi connectivity index (χ1n) is 7.75. The average molecular weight is 348 g/mol. The van der Waals surface area contributed by atoms with E-state index in [0.717, 1.165) is 0 Å². The Morgan fingerprint density at radius 1 is 0.769 bits per heavy atom. The molecule has 0 amide bonds. The maximum Gasteiger partial charge on any atom is 0.335 e. The van der Waals surface area contributed by atoms with E-state index in [0.29, 0.717) is 28.1 Å². The molecular weight excluding hydrogens is 332 g/mol. The normalized spacial score (nSPS) is 10.5. The Morgan fingerprint density at radius 3 is 1.50 bits per heavy atom. The topological polar surface area (TPSA) is 132 Å². The molecule has 2 aromatic carbocycles. The zero-order valence-electron chi connectivity index (χ0n) is 13.9. The fourth-order valence-electron chi connectivity index (χ4n) is 2.52. The van der Waals surface area contributed by atoms with E-state index in [-0.39, 0.29) is 23.0 Å². The number of nitrogens with two attached hydrogens (primary N) is 2. The summed E-state index contributed by atoms with van der Waals surface area (Å²) in [6.07, 6.45) is 0. The van der Waals surface area contributed by atoms with Crippen LogP contribution in [0.2, 0.25) is 0 Å². The van der Waals surface area contributed by atoms with Crippen LogP contribution >= 0.6 is 0 Å². The third-order valence-corrected chi connectivity index (χ3v) is 3.92. The van der Waals surface area contributed by atoms with Crippen molar-refractivity contribution in [3.8, 4) is 22.5 Å². The van der Waals surface area contributed by atoms with Gasteiger partial charge in [-0.2, -0.15) is 0 Å². The number of Topliss-reactive ketones (excluding diaryl/α,β-unsaturated/α-hetero) is 1. The number of carbonyl (C=O) groups excluding carboxylic acids is 1. The van der Waals surface area contributed by atoms with E-state index >= 15 is 0 Å². The first kappa shape index (κ1) is 17.1. The van der Waals surface area contributed by atoms with E-state index in [2.05, 4.69) is 9.97 Å². The minimum absolute atomic E-state index is 0.0322. The predicted molar refractivity (Wildman–Crippen MR) is 98.7 cm³/mol. The van der Waals surface area contributed by atoms with Gasteiger partial charge in [0.2, 0.25) is 0 Å². The molecule has 0 saturated carbocycles. The van der Waals surface area contributed by atoms with Crippen molar-refractivity contribution >= 4 is 23.4 Å². The molecule has 7 nitrogen and oxygen atoms in total. The molecule has 0 aliphatic carbocycles. The minimum Gasteiger partial charge on any atom is -0.478 e. The number of aromatic nitrogens is 2. The second kappa shape index (κ2) is 6.64. The Bertz CT molecular complexity index is 913. The maximum absolute atomic E-state index is 11.4. The van der Waals surface area contributed by atoms with Gasteiger partial charge in [0.05, 0.1) is 5.56 Å². The molecule has 130 valence electrons. The molecule has 0 aliphatic rings. The van der Waals surface area contributed by atoms with Crippen LogP contribution in [0.4, 0.5) is 11.6 Å². The highest BCUT2D eigenvalue weighted by atomic mass is 16.4. The van der Waals surface area contributed by atoms with E-state index < -0.39 is 5.97 Å². The molecule has 3 rings (SSSR count). The molecule has 0 radical (unpaired) electrons. The summed E-state index contributed by atoms with van der Waals surface area (Å²) < 4.78 is 0. The molecule has 0 bridgehead atoms. The van der Waals surface area contributed by atoms with Gasteiger partial charge in [-0.3, -0.25) is 4.79 Å². The van der Waals surface area contributed by atoms with E-state index in [1.54, 1.807) is 36.4 Å². The summed E-state index contributed by atoms with van der Waals surface area (Å²) in [5.41, 5.74) is 14.9. The number of anilines is 2. The number of hydrogen-bond acceptors (Lipinski definition) is 6. The molecule has 0 saturated heterocycles. The zero-order valence-corrected chi connectivity index (χ0v) is 13.9. The molecule has 0 aliphatic heterocycles. The third kappa shape index (κ3) is 3.23. The summed E-state index contributed by atoms with van der Waals surface area (Å²) in [4.78, 5) is 31.0. The van der Waals surface area contributed by atoms with Crippen LogP contribution in [-0.4, -0.2) is 26.8 Å². The highest BCUT2D eigenvalue weighted by molar-refractivity contribution is 5.94. The van der Waals surface area contributed by atoms with Crippen molar-refractivity contribution in [2.45, 2.75) is 6.92 Å². The van der Waals surface area contributed by atoms with Gasteiger partial charge < -0.3 is 16.6 Å². The van der Waals surface area contributed by atoms with Crippen molar-refractivity contribution < 1.29 is 14.7 Å². The Labute approximate surface area is 149 Å². The summed E-state index contributed by atoms with van der Waals surface area (Å²) in [7, 11) is 0. The molecule has 0 atom stereocenters. The van der Waals surface area contributed by atoms with Gasteiger partial charge in [0.15, 0.2) is 17.4 Å². The molecular formula is C19H16N4O3. The van der Waals surface area contributed by atoms with E-state index in [9.17, 15) is 9.59 Å². The van der Waals surface area contributed by atoms with Crippen LogP contribution in [0.25, 0.3) is 22.5 Å². The SMILES string of the molecule is CC(=O)c1ccc(-c2nc(N)c(-c3ccc(C(=O)O)cc3)nc2N)cc1. The molecule has 7 heteroatoms. The molecule has 1 heterocycles. The molecule has 0 spiro atoms. The van der Waals surface area contributed by atoms with Crippen LogP contribution in [0.5, 0.6) is 0 Å². The number of hydrogen-bond donors (Lipinski definition) is 3. The van der Waals surface area contributed by atoms with E-state index in [1.165, 1.54) is 19.1 Å². The lowest BCUT2D eigenvalue weighted by Crippen LogP contribution is -2.05. The predicted octanol–water partition coefficient (Wildman–Crippen LogP) is 2.88. The van der Waals surface area contributed by atoms with Crippen molar-refractivity contribution in [3.05, 3.63) is 59.7 Å². The maximum atomic E-state index is 11.4. The number of nitrogens with zero attached hydrogens (tertiary/aromatic N) is 2. The Hall–Kier alpha value is -3.74. The van der Waals surface area contributed by atoms with Crippen LogP contribution in [0.1, 0.15) is 27.6 Å². The van der Waals surface area contributed by atoms with Crippen LogP contribution in [-0.2, 0) is 0 Å². The lowest BCUT2D eigenvalue weighted by molar-refractivity contribution is 0.0696. The second-order valence-corrected chi connectivity index (χ2v) is 5.71. The zero-order chi connectivity index (χ0) is 18.8. The smallest absolute Gasteiger partial charge is 0.335 e. The van der Waals surface area contributed by atoms with Gasteiger partial charge in [0.1, 0.15) is 11.4 Å². The number of rotatable bonds is 4. The highest BCUT2D eigenvalue weighted by Gasteiger charge is 2.14. The largest absolute Gasteiger partial charge is 0.478 e. The third-order valence-electron chi connectivity index (χ3n) is 3.92. The first-order valence-corrected chi connectivity index (χ1v) is 7.75. The summed E-state index contributed by atoms with van der Waals surface area (Å²) in [6.45, 7) is 1.49. The van der Waals surface area contributed by atoms with Gasteiger partial charge in [0, 0.05) is 16.7 Å². The summed E-state index contributed by atoms with van der Waals surface area (Å²) in [6, 6.07) is 13.0. The number of carboxylic acids is 1. The van der Waals surface area contributed by atoms with Gasteiger partial charge >= 0.3 is 5.97 Å². The molecule has 0 fully saturated rings. The highest BCUT2D eigenvalue weighted by Crippen LogP contribution is 2.30. The van der Waals surface area contributed by atoms with Crippen molar-refractivity contribution in [2.75, 3.05) is 11.5 Å². The molecule has 3 aromatic rings. The van der Waals surface area contributed by atoms with Gasteiger partial charge in [-0.1, -0.05) is 36.4 Å². The van der Waals surface area contributed by atoms with Crippen LogP contribution in [0.3, 0.4) is 0 Å². The van der Waals surface area contributed by atoms with Crippen LogP contribution in [0.15, 0.2) is 48.5 Å². The molecule has 5 N–H and O–H groups in total. The van der Waals surface area contributed by atoms with Gasteiger partial charge in [-0.25, -0.2) is 14.8 Å². The lowest BCUT2D eigenvalue weighted by atomic mass is 10.1. The van der Waals surface area contributed by atoms with Gasteiger partial charge in [-0.05, 0) is 19.1 Å². The average Bonchev–Trinajstić information content (AvgIpc) is 2.63. The minimum atomic E-state index is -1.01.